The van der Waals surface area contributed by atoms with Crippen molar-refractivity contribution < 1.29 is 9.47 Å². The van der Waals surface area contributed by atoms with Crippen LogP contribution in [0.2, 0.25) is 0 Å². The molecule has 0 amide bonds. The molecule has 2 rings (SSSR count). The monoisotopic (exact) mass is 268 g/mol. The number of nitriles is 1. The van der Waals surface area contributed by atoms with Crippen LogP contribution in [0.25, 0.3) is 0 Å². The zero-order valence-corrected chi connectivity index (χ0v) is 11.3. The van der Waals surface area contributed by atoms with Crippen LogP contribution in [0.5, 0.6) is 17.2 Å². The van der Waals surface area contributed by atoms with Crippen LogP contribution in [0.4, 0.5) is 5.69 Å². The van der Waals surface area contributed by atoms with Crippen molar-refractivity contribution in [2.75, 3.05) is 12.3 Å². The van der Waals surface area contributed by atoms with Gasteiger partial charge in [0, 0.05) is 23.9 Å². The third-order valence-electron chi connectivity index (χ3n) is 2.66. The van der Waals surface area contributed by atoms with E-state index >= 15 is 0 Å². The minimum absolute atomic E-state index is 0.396. The lowest BCUT2D eigenvalue weighted by Gasteiger charge is -2.10. The molecule has 0 spiro atoms. The Labute approximate surface area is 118 Å². The Morgan fingerprint density at radius 1 is 1.05 bits per heavy atom. The van der Waals surface area contributed by atoms with E-state index in [4.69, 9.17) is 20.5 Å². The van der Waals surface area contributed by atoms with E-state index in [2.05, 4.69) is 6.07 Å². The van der Waals surface area contributed by atoms with E-state index in [0.29, 0.717) is 36.0 Å². The van der Waals surface area contributed by atoms with Crippen LogP contribution in [-0.2, 0) is 6.42 Å². The summed E-state index contributed by atoms with van der Waals surface area (Å²) >= 11 is 0. The van der Waals surface area contributed by atoms with Gasteiger partial charge in [0.25, 0.3) is 0 Å². The van der Waals surface area contributed by atoms with Crippen LogP contribution in [0.3, 0.4) is 0 Å². The number of benzene rings is 2. The Morgan fingerprint density at radius 2 is 1.75 bits per heavy atom. The largest absolute Gasteiger partial charge is 0.494 e. The van der Waals surface area contributed by atoms with Crippen molar-refractivity contribution in [3.8, 4) is 23.3 Å². The molecule has 0 unspecified atom stereocenters. The molecule has 2 aromatic rings. The topological polar surface area (TPSA) is 68.3 Å². The Bertz CT molecular complexity index is 615. The standard InChI is InChI=1S/C16H16N2O2/c1-2-19-15-9-13(18)10-16(11-15)20-14-5-3-12(4-6-14)7-8-17/h3-6,9-11H,2,7,18H2,1H3. The molecule has 0 fully saturated rings. The van der Waals surface area contributed by atoms with Crippen LogP contribution in [0.15, 0.2) is 42.5 Å². The minimum atomic E-state index is 0.396. The molecule has 0 aliphatic heterocycles. The van der Waals surface area contributed by atoms with E-state index in [9.17, 15) is 0 Å². The lowest BCUT2D eigenvalue weighted by atomic mass is 10.2. The third-order valence-corrected chi connectivity index (χ3v) is 2.66. The molecule has 0 saturated carbocycles. The van der Waals surface area contributed by atoms with Crippen molar-refractivity contribution >= 4 is 5.69 Å². The van der Waals surface area contributed by atoms with Gasteiger partial charge in [-0.25, -0.2) is 0 Å². The minimum Gasteiger partial charge on any atom is -0.494 e. The number of nitrogens with two attached hydrogens (primary N) is 1. The number of nitrogen functional groups attached to an aromatic ring is 1. The average Bonchev–Trinajstić information content (AvgIpc) is 2.41. The van der Waals surface area contributed by atoms with Crippen molar-refractivity contribution in [2.24, 2.45) is 0 Å². The van der Waals surface area contributed by atoms with Gasteiger partial charge < -0.3 is 15.2 Å². The van der Waals surface area contributed by atoms with Gasteiger partial charge in [-0.05, 0) is 24.6 Å². The van der Waals surface area contributed by atoms with E-state index in [0.717, 1.165) is 5.56 Å². The highest BCUT2D eigenvalue weighted by Gasteiger charge is 2.03. The summed E-state index contributed by atoms with van der Waals surface area (Å²) in [5, 5.41) is 8.63. The van der Waals surface area contributed by atoms with Crippen molar-refractivity contribution in [1.29, 1.82) is 5.26 Å². The zero-order chi connectivity index (χ0) is 14.4. The summed E-state index contributed by atoms with van der Waals surface area (Å²) in [7, 11) is 0. The molecule has 20 heavy (non-hydrogen) atoms. The van der Waals surface area contributed by atoms with E-state index in [1.165, 1.54) is 0 Å². The summed E-state index contributed by atoms with van der Waals surface area (Å²) in [4.78, 5) is 0. The van der Waals surface area contributed by atoms with Crippen molar-refractivity contribution in [3.63, 3.8) is 0 Å². The summed E-state index contributed by atoms with van der Waals surface area (Å²) in [6.07, 6.45) is 0.396. The fourth-order valence-electron chi connectivity index (χ4n) is 1.81. The second-order valence-corrected chi connectivity index (χ2v) is 4.25. The van der Waals surface area contributed by atoms with Crippen LogP contribution in [-0.4, -0.2) is 6.61 Å². The molecule has 0 atom stereocenters. The number of hydrogen-bond donors (Lipinski definition) is 1. The summed E-state index contributed by atoms with van der Waals surface area (Å²) in [5.74, 6) is 2.00. The normalized spacial score (nSPS) is 9.80. The fraction of sp³-hybridized carbons (Fsp3) is 0.188. The fourth-order valence-corrected chi connectivity index (χ4v) is 1.81. The predicted octanol–water partition coefficient (Wildman–Crippen LogP) is 3.53. The maximum Gasteiger partial charge on any atom is 0.133 e. The first-order valence-electron chi connectivity index (χ1n) is 6.38. The van der Waals surface area contributed by atoms with Gasteiger partial charge in [0.1, 0.15) is 17.2 Å². The maximum atomic E-state index is 8.63. The summed E-state index contributed by atoms with van der Waals surface area (Å²) < 4.78 is 11.2. The van der Waals surface area contributed by atoms with Gasteiger partial charge in [-0.1, -0.05) is 12.1 Å². The highest BCUT2D eigenvalue weighted by molar-refractivity contribution is 5.51. The Balaban J connectivity index is 2.14. The molecule has 0 saturated heterocycles. The van der Waals surface area contributed by atoms with Crippen LogP contribution in [0, 0.1) is 11.3 Å². The number of anilines is 1. The van der Waals surface area contributed by atoms with Gasteiger partial charge in [-0.15, -0.1) is 0 Å². The van der Waals surface area contributed by atoms with Gasteiger partial charge >= 0.3 is 0 Å². The molecular formula is C16H16N2O2. The molecule has 2 aromatic carbocycles. The molecule has 0 heterocycles. The molecule has 0 aliphatic rings. The Kier molecular flexibility index (Phi) is 4.46. The summed E-state index contributed by atoms with van der Waals surface area (Å²) in [6, 6.07) is 14.8. The average molecular weight is 268 g/mol. The molecule has 2 N–H and O–H groups in total. The maximum absolute atomic E-state index is 8.63. The SMILES string of the molecule is CCOc1cc(N)cc(Oc2ccc(CC#N)cc2)c1. The molecule has 0 aromatic heterocycles. The Hall–Kier alpha value is -2.67. The van der Waals surface area contributed by atoms with Crippen LogP contribution in [0.1, 0.15) is 12.5 Å². The quantitative estimate of drug-likeness (QED) is 0.842. The molecule has 4 heteroatoms. The highest BCUT2D eigenvalue weighted by atomic mass is 16.5. The molecule has 0 bridgehead atoms. The van der Waals surface area contributed by atoms with Crippen molar-refractivity contribution in [1.82, 2.24) is 0 Å². The molecule has 0 aliphatic carbocycles. The molecule has 4 nitrogen and oxygen atoms in total. The van der Waals surface area contributed by atoms with Crippen molar-refractivity contribution in [3.05, 3.63) is 48.0 Å². The van der Waals surface area contributed by atoms with Crippen molar-refractivity contribution in [2.45, 2.75) is 13.3 Å². The zero-order valence-electron chi connectivity index (χ0n) is 11.3. The smallest absolute Gasteiger partial charge is 0.133 e. The molecule has 0 radical (unpaired) electrons. The third kappa shape index (κ3) is 3.66. The number of hydrogen-bond acceptors (Lipinski definition) is 4. The second kappa shape index (κ2) is 6.48. The van der Waals surface area contributed by atoms with Gasteiger partial charge in [-0.3, -0.25) is 0 Å². The second-order valence-electron chi connectivity index (χ2n) is 4.25. The lowest BCUT2D eigenvalue weighted by Crippen LogP contribution is -1.95. The van der Waals surface area contributed by atoms with Crippen LogP contribution >= 0.6 is 0 Å². The lowest BCUT2D eigenvalue weighted by molar-refractivity contribution is 0.338. The van der Waals surface area contributed by atoms with Crippen LogP contribution < -0.4 is 15.2 Å². The van der Waals surface area contributed by atoms with Gasteiger partial charge in [0.05, 0.1) is 19.1 Å². The first-order chi connectivity index (χ1) is 9.71. The summed E-state index contributed by atoms with van der Waals surface area (Å²) in [5.41, 5.74) is 7.36. The predicted molar refractivity (Wildman–Crippen MR) is 77.9 cm³/mol. The number of ether oxygens (including phenoxy) is 2. The summed E-state index contributed by atoms with van der Waals surface area (Å²) in [6.45, 7) is 2.49. The van der Waals surface area contributed by atoms with Gasteiger partial charge in [-0.2, -0.15) is 5.26 Å². The first kappa shape index (κ1) is 13.8. The number of rotatable bonds is 5. The van der Waals surface area contributed by atoms with E-state index in [1.807, 2.05) is 31.2 Å². The van der Waals surface area contributed by atoms with E-state index < -0.39 is 0 Å². The van der Waals surface area contributed by atoms with Gasteiger partial charge in [0.15, 0.2) is 0 Å². The van der Waals surface area contributed by atoms with E-state index in [-0.39, 0.29) is 0 Å². The molecule has 102 valence electrons. The van der Waals surface area contributed by atoms with E-state index in [1.54, 1.807) is 18.2 Å². The molecular weight excluding hydrogens is 252 g/mol. The Morgan fingerprint density at radius 3 is 2.40 bits per heavy atom. The van der Waals surface area contributed by atoms with Gasteiger partial charge in [0.2, 0.25) is 0 Å². The first-order valence-corrected chi connectivity index (χ1v) is 6.38. The highest BCUT2D eigenvalue weighted by Crippen LogP contribution is 2.28. The number of nitrogens with zero attached hydrogens (tertiary/aromatic N) is 1.